The topological polar surface area (TPSA) is 55.1 Å². The second-order valence-electron chi connectivity index (χ2n) is 4.66. The third kappa shape index (κ3) is 3.27. The summed E-state index contributed by atoms with van der Waals surface area (Å²) >= 11 is 1.80. The van der Waals surface area contributed by atoms with Crippen LogP contribution in [0.5, 0.6) is 0 Å². The largest absolute Gasteiger partial charge is 0.368 e. The molecule has 2 rings (SSSR count). The molecule has 0 aliphatic heterocycles. The summed E-state index contributed by atoms with van der Waals surface area (Å²) in [5, 5.41) is 2.94. The van der Waals surface area contributed by atoms with Crippen LogP contribution < -0.4 is 11.1 Å². The average molecular weight is 264 g/mol. The number of rotatable bonds is 6. The molecular formula is C14H20N2OS. The van der Waals surface area contributed by atoms with Gasteiger partial charge in [-0.15, -0.1) is 11.8 Å². The maximum atomic E-state index is 11.1. The van der Waals surface area contributed by atoms with E-state index >= 15 is 0 Å². The fourth-order valence-corrected chi connectivity index (χ4v) is 3.34. The molecular weight excluding hydrogens is 244 g/mol. The van der Waals surface area contributed by atoms with Crippen LogP contribution >= 0.6 is 11.8 Å². The van der Waals surface area contributed by atoms with E-state index in [-0.39, 0.29) is 11.9 Å². The van der Waals surface area contributed by atoms with E-state index in [9.17, 15) is 4.79 Å². The first kappa shape index (κ1) is 13.4. The number of likely N-dealkylation sites (N-methyl/N-ethyl adjacent to an activating group) is 1. The zero-order valence-electron chi connectivity index (χ0n) is 10.7. The van der Waals surface area contributed by atoms with Crippen LogP contribution in [0.2, 0.25) is 0 Å². The van der Waals surface area contributed by atoms with Crippen molar-refractivity contribution in [2.24, 2.45) is 5.73 Å². The average Bonchev–Trinajstić information content (AvgIpc) is 2.81. The monoisotopic (exact) mass is 264 g/mol. The summed E-state index contributed by atoms with van der Waals surface area (Å²) in [6.07, 6.45) is 4.49. The third-order valence-corrected chi connectivity index (χ3v) is 4.46. The van der Waals surface area contributed by atoms with E-state index in [4.69, 9.17) is 5.73 Å². The van der Waals surface area contributed by atoms with Crippen LogP contribution in [0.4, 0.5) is 0 Å². The van der Waals surface area contributed by atoms with E-state index in [0.717, 1.165) is 12.2 Å². The van der Waals surface area contributed by atoms with Crippen molar-refractivity contribution in [2.45, 2.75) is 36.6 Å². The first-order chi connectivity index (χ1) is 8.70. The second-order valence-corrected chi connectivity index (χ2v) is 5.83. The zero-order valence-corrected chi connectivity index (χ0v) is 11.6. The van der Waals surface area contributed by atoms with Gasteiger partial charge >= 0.3 is 0 Å². The van der Waals surface area contributed by atoms with E-state index < -0.39 is 0 Å². The number of fused-ring (bicyclic) bond motifs is 1. The molecule has 0 saturated carbocycles. The molecule has 0 aromatic heterocycles. The van der Waals surface area contributed by atoms with Crippen LogP contribution in [0.1, 0.15) is 24.0 Å². The van der Waals surface area contributed by atoms with Gasteiger partial charge in [0.25, 0.3) is 0 Å². The number of hydrogen-bond donors (Lipinski definition) is 2. The minimum atomic E-state index is -0.271. The Kier molecular flexibility index (Phi) is 4.66. The number of benzene rings is 1. The number of nitrogens with one attached hydrogen (secondary N) is 1. The van der Waals surface area contributed by atoms with Crippen LogP contribution in [-0.2, 0) is 17.6 Å². The predicted octanol–water partition coefficient (Wildman–Crippen LogP) is 1.73. The molecule has 98 valence electrons. The van der Waals surface area contributed by atoms with Crippen molar-refractivity contribution in [1.82, 2.24) is 5.32 Å². The van der Waals surface area contributed by atoms with E-state index in [1.54, 1.807) is 18.8 Å². The van der Waals surface area contributed by atoms with Gasteiger partial charge in [0.05, 0.1) is 6.04 Å². The van der Waals surface area contributed by atoms with E-state index in [1.807, 2.05) is 0 Å². The summed E-state index contributed by atoms with van der Waals surface area (Å²) in [5.41, 5.74) is 8.29. The van der Waals surface area contributed by atoms with Gasteiger partial charge in [-0.05, 0) is 61.7 Å². The predicted molar refractivity (Wildman–Crippen MR) is 75.9 cm³/mol. The smallest absolute Gasteiger partial charge is 0.234 e. The fourth-order valence-electron chi connectivity index (χ4n) is 2.36. The van der Waals surface area contributed by atoms with Gasteiger partial charge in [-0.25, -0.2) is 0 Å². The highest BCUT2D eigenvalue weighted by molar-refractivity contribution is 7.99. The molecule has 1 amide bonds. The number of hydrogen-bond acceptors (Lipinski definition) is 3. The van der Waals surface area contributed by atoms with Crippen LogP contribution in [0.25, 0.3) is 0 Å². The number of primary amides is 1. The van der Waals surface area contributed by atoms with Gasteiger partial charge in [0.1, 0.15) is 0 Å². The summed E-state index contributed by atoms with van der Waals surface area (Å²) in [7, 11) is 1.77. The number of carbonyl (C=O) groups excluding carboxylic acids is 1. The quantitative estimate of drug-likeness (QED) is 0.769. The molecule has 3 N–H and O–H groups in total. The molecule has 1 aliphatic carbocycles. The SMILES string of the molecule is CNC(CCSc1ccc2c(c1)CCC2)C(N)=O. The maximum Gasteiger partial charge on any atom is 0.234 e. The molecule has 1 aliphatic rings. The summed E-state index contributed by atoms with van der Waals surface area (Å²) in [6, 6.07) is 6.51. The Morgan fingerprint density at radius 2 is 2.22 bits per heavy atom. The Morgan fingerprint density at radius 3 is 2.94 bits per heavy atom. The van der Waals surface area contributed by atoms with Gasteiger partial charge in [0.15, 0.2) is 0 Å². The van der Waals surface area contributed by atoms with Gasteiger partial charge < -0.3 is 11.1 Å². The standard InChI is InChI=1S/C14H20N2OS/c1-16-13(14(15)17)7-8-18-12-6-5-10-3-2-4-11(10)9-12/h5-6,9,13,16H,2-4,7-8H2,1H3,(H2,15,17). The van der Waals surface area contributed by atoms with Crippen molar-refractivity contribution < 1.29 is 4.79 Å². The second kappa shape index (κ2) is 6.25. The fraction of sp³-hybridized carbons (Fsp3) is 0.500. The van der Waals surface area contributed by atoms with Crippen molar-refractivity contribution in [2.75, 3.05) is 12.8 Å². The van der Waals surface area contributed by atoms with Gasteiger partial charge in [0, 0.05) is 4.90 Å². The Morgan fingerprint density at radius 1 is 1.44 bits per heavy atom. The number of nitrogens with two attached hydrogens (primary N) is 1. The highest BCUT2D eigenvalue weighted by atomic mass is 32.2. The Labute approximate surface area is 113 Å². The summed E-state index contributed by atoms with van der Waals surface area (Å²) in [5.74, 6) is 0.639. The van der Waals surface area contributed by atoms with Gasteiger partial charge in [-0.1, -0.05) is 6.07 Å². The van der Waals surface area contributed by atoms with Crippen molar-refractivity contribution >= 4 is 17.7 Å². The minimum Gasteiger partial charge on any atom is -0.368 e. The van der Waals surface area contributed by atoms with E-state index in [0.29, 0.717) is 0 Å². The lowest BCUT2D eigenvalue weighted by Crippen LogP contribution is -2.39. The summed E-state index contributed by atoms with van der Waals surface area (Å²) in [6.45, 7) is 0. The van der Waals surface area contributed by atoms with Crippen LogP contribution in [0.15, 0.2) is 23.1 Å². The molecule has 4 heteroatoms. The molecule has 0 bridgehead atoms. The molecule has 1 aromatic carbocycles. The third-order valence-electron chi connectivity index (χ3n) is 3.44. The van der Waals surface area contributed by atoms with Crippen molar-refractivity contribution in [3.8, 4) is 0 Å². The lowest BCUT2D eigenvalue weighted by atomic mass is 10.1. The van der Waals surface area contributed by atoms with Gasteiger partial charge in [-0.2, -0.15) is 0 Å². The lowest BCUT2D eigenvalue weighted by molar-refractivity contribution is -0.119. The van der Waals surface area contributed by atoms with Gasteiger partial charge in [-0.3, -0.25) is 4.79 Å². The molecule has 0 radical (unpaired) electrons. The lowest BCUT2D eigenvalue weighted by Gasteiger charge is -2.11. The molecule has 1 aromatic rings. The van der Waals surface area contributed by atoms with Crippen LogP contribution in [0.3, 0.4) is 0 Å². The zero-order chi connectivity index (χ0) is 13.0. The highest BCUT2D eigenvalue weighted by Crippen LogP contribution is 2.27. The van der Waals surface area contributed by atoms with Gasteiger partial charge in [0.2, 0.25) is 5.91 Å². The van der Waals surface area contributed by atoms with Crippen molar-refractivity contribution in [1.29, 1.82) is 0 Å². The molecule has 0 heterocycles. The molecule has 1 atom stereocenters. The Bertz CT molecular complexity index is 434. The Balaban J connectivity index is 1.85. The highest BCUT2D eigenvalue weighted by Gasteiger charge is 2.13. The first-order valence-corrected chi connectivity index (χ1v) is 7.40. The molecule has 3 nitrogen and oxygen atoms in total. The van der Waals surface area contributed by atoms with Crippen molar-refractivity contribution in [3.63, 3.8) is 0 Å². The molecule has 1 unspecified atom stereocenters. The number of aryl methyl sites for hydroxylation is 2. The number of thioether (sulfide) groups is 1. The maximum absolute atomic E-state index is 11.1. The normalized spacial score (nSPS) is 15.4. The Hall–Kier alpha value is -1.00. The summed E-state index contributed by atoms with van der Waals surface area (Å²) in [4.78, 5) is 12.4. The minimum absolute atomic E-state index is 0.216. The van der Waals surface area contributed by atoms with Crippen molar-refractivity contribution in [3.05, 3.63) is 29.3 Å². The number of carbonyl (C=O) groups is 1. The van der Waals surface area contributed by atoms with E-state index in [2.05, 4.69) is 23.5 Å². The molecule has 0 spiro atoms. The van der Waals surface area contributed by atoms with Crippen LogP contribution in [-0.4, -0.2) is 24.7 Å². The molecule has 0 saturated heterocycles. The molecule has 18 heavy (non-hydrogen) atoms. The van der Waals surface area contributed by atoms with E-state index in [1.165, 1.54) is 35.3 Å². The van der Waals surface area contributed by atoms with Crippen LogP contribution in [0, 0.1) is 0 Å². The number of amides is 1. The summed E-state index contributed by atoms with van der Waals surface area (Å²) < 4.78 is 0. The first-order valence-electron chi connectivity index (χ1n) is 6.42. The molecule has 0 fully saturated rings.